The first-order chi connectivity index (χ1) is 8.58. The summed E-state index contributed by atoms with van der Waals surface area (Å²) >= 11 is 17.8. The molecule has 0 aliphatic carbocycles. The molecule has 1 aromatic carbocycles. The molecule has 0 aromatic heterocycles. The zero-order chi connectivity index (χ0) is 13.1. The van der Waals surface area contributed by atoms with Crippen molar-refractivity contribution in [2.75, 3.05) is 19.6 Å². The minimum Gasteiger partial charge on any atom is -0.387 e. The number of aliphatic hydroxyl groups is 1. The van der Waals surface area contributed by atoms with Crippen LogP contribution in [-0.4, -0.2) is 29.6 Å². The molecule has 1 aliphatic heterocycles. The van der Waals surface area contributed by atoms with Gasteiger partial charge < -0.3 is 10.0 Å². The predicted octanol–water partition coefficient (Wildman–Crippen LogP) is 4.59. The van der Waals surface area contributed by atoms with Gasteiger partial charge in [-0.15, -0.1) is 12.4 Å². The molecule has 1 fully saturated rings. The van der Waals surface area contributed by atoms with Gasteiger partial charge in [0.2, 0.25) is 0 Å². The van der Waals surface area contributed by atoms with E-state index < -0.39 is 6.10 Å². The molecule has 1 unspecified atom stereocenters. The molecule has 0 saturated carbocycles. The number of piperidine rings is 1. The lowest BCUT2D eigenvalue weighted by molar-refractivity contribution is 0.101. The van der Waals surface area contributed by atoms with Crippen molar-refractivity contribution < 1.29 is 5.11 Å². The van der Waals surface area contributed by atoms with Gasteiger partial charge in [-0.2, -0.15) is 0 Å². The molecule has 1 atom stereocenters. The quantitative estimate of drug-likeness (QED) is 0.811. The summed E-state index contributed by atoms with van der Waals surface area (Å²) in [6.07, 6.45) is 3.12. The van der Waals surface area contributed by atoms with Gasteiger partial charge in [0.05, 0.1) is 21.2 Å². The normalized spacial score (nSPS) is 17.9. The Hall–Kier alpha value is 0.300. The highest BCUT2D eigenvalue weighted by atomic mass is 35.5. The Balaban J connectivity index is 0.00000180. The molecule has 19 heavy (non-hydrogen) atoms. The fraction of sp³-hybridized carbons (Fsp3) is 0.538. The van der Waals surface area contributed by atoms with Gasteiger partial charge in [0, 0.05) is 6.54 Å². The Kier molecular flexibility index (Phi) is 7.23. The predicted molar refractivity (Wildman–Crippen MR) is 84.0 cm³/mol. The van der Waals surface area contributed by atoms with E-state index in [2.05, 4.69) is 4.90 Å². The van der Waals surface area contributed by atoms with E-state index in [0.717, 1.165) is 18.7 Å². The minimum atomic E-state index is -0.574. The molecule has 1 aromatic rings. The van der Waals surface area contributed by atoms with Crippen LogP contribution in [-0.2, 0) is 0 Å². The fourth-order valence-corrected chi connectivity index (χ4v) is 2.87. The van der Waals surface area contributed by atoms with E-state index in [1.807, 2.05) is 0 Å². The first-order valence-corrected chi connectivity index (χ1v) is 7.26. The highest BCUT2D eigenvalue weighted by molar-refractivity contribution is 6.48. The lowest BCUT2D eigenvalue weighted by Crippen LogP contribution is -2.33. The van der Waals surface area contributed by atoms with Crippen LogP contribution in [0.25, 0.3) is 0 Å². The summed E-state index contributed by atoms with van der Waals surface area (Å²) in [6, 6.07) is 3.37. The van der Waals surface area contributed by atoms with Crippen LogP contribution >= 0.6 is 47.2 Å². The third-order valence-corrected chi connectivity index (χ3v) is 4.47. The molecule has 0 spiro atoms. The molecule has 6 heteroatoms. The first-order valence-electron chi connectivity index (χ1n) is 6.13. The van der Waals surface area contributed by atoms with E-state index in [9.17, 15) is 5.11 Å². The molecule has 1 aliphatic rings. The van der Waals surface area contributed by atoms with Crippen molar-refractivity contribution in [1.29, 1.82) is 0 Å². The zero-order valence-electron chi connectivity index (χ0n) is 10.4. The second-order valence-corrected chi connectivity index (χ2v) is 5.87. The molecular weight excluding hydrogens is 328 g/mol. The van der Waals surface area contributed by atoms with Crippen LogP contribution in [0.4, 0.5) is 0 Å². The van der Waals surface area contributed by atoms with Crippen molar-refractivity contribution in [2.24, 2.45) is 0 Å². The van der Waals surface area contributed by atoms with E-state index in [-0.39, 0.29) is 12.4 Å². The van der Waals surface area contributed by atoms with Crippen molar-refractivity contribution >= 4 is 47.2 Å². The molecule has 0 amide bonds. The standard InChI is InChI=1S/C13H16Cl3NO.ClH/c14-10-6-9(7-11(15)13(10)16)12(18)8-17-4-2-1-3-5-17;/h6-7,12,18H,1-5,8H2;1H. The van der Waals surface area contributed by atoms with Crippen LogP contribution < -0.4 is 0 Å². The molecule has 0 radical (unpaired) electrons. The Bertz CT molecular complexity index is 398. The molecule has 1 saturated heterocycles. The number of hydrogen-bond donors (Lipinski definition) is 1. The van der Waals surface area contributed by atoms with Gasteiger partial charge >= 0.3 is 0 Å². The second kappa shape index (κ2) is 7.92. The molecular formula is C13H17Cl4NO. The first kappa shape index (κ1) is 17.4. The highest BCUT2D eigenvalue weighted by Crippen LogP contribution is 2.33. The summed E-state index contributed by atoms with van der Waals surface area (Å²) in [7, 11) is 0. The van der Waals surface area contributed by atoms with Crippen LogP contribution in [0.1, 0.15) is 30.9 Å². The minimum absolute atomic E-state index is 0. The number of hydrogen-bond acceptors (Lipinski definition) is 2. The SMILES string of the molecule is Cl.OC(CN1CCCCC1)c1cc(Cl)c(Cl)c(Cl)c1. The lowest BCUT2D eigenvalue weighted by Gasteiger charge is -2.28. The third kappa shape index (κ3) is 4.66. The highest BCUT2D eigenvalue weighted by Gasteiger charge is 2.17. The number of aliphatic hydroxyl groups excluding tert-OH is 1. The van der Waals surface area contributed by atoms with E-state index in [1.54, 1.807) is 12.1 Å². The van der Waals surface area contributed by atoms with Crippen LogP contribution in [0.2, 0.25) is 15.1 Å². The van der Waals surface area contributed by atoms with Gasteiger partial charge in [0.1, 0.15) is 0 Å². The number of β-amino-alcohol motifs (C(OH)–C–C–N with tert-alkyl or cyclic N) is 1. The molecule has 2 rings (SSSR count). The maximum Gasteiger partial charge on any atom is 0.0917 e. The van der Waals surface area contributed by atoms with Gasteiger partial charge in [-0.1, -0.05) is 41.2 Å². The van der Waals surface area contributed by atoms with E-state index >= 15 is 0 Å². The average Bonchev–Trinajstić information content (AvgIpc) is 2.36. The lowest BCUT2D eigenvalue weighted by atomic mass is 10.1. The van der Waals surface area contributed by atoms with Gasteiger partial charge in [0.15, 0.2) is 0 Å². The van der Waals surface area contributed by atoms with Gasteiger partial charge in [-0.25, -0.2) is 0 Å². The largest absolute Gasteiger partial charge is 0.387 e. The monoisotopic (exact) mass is 343 g/mol. The zero-order valence-corrected chi connectivity index (χ0v) is 13.5. The number of rotatable bonds is 3. The Morgan fingerprint density at radius 1 is 1.05 bits per heavy atom. The number of nitrogens with zero attached hydrogens (tertiary/aromatic N) is 1. The fourth-order valence-electron chi connectivity index (χ4n) is 2.26. The van der Waals surface area contributed by atoms with Crippen LogP contribution in [0.3, 0.4) is 0 Å². The van der Waals surface area contributed by atoms with Crippen LogP contribution in [0.5, 0.6) is 0 Å². The average molecular weight is 345 g/mol. The Morgan fingerprint density at radius 3 is 2.11 bits per heavy atom. The van der Waals surface area contributed by atoms with Crippen molar-refractivity contribution in [1.82, 2.24) is 4.90 Å². The van der Waals surface area contributed by atoms with E-state index in [4.69, 9.17) is 34.8 Å². The molecule has 108 valence electrons. The summed E-state index contributed by atoms with van der Waals surface area (Å²) in [4.78, 5) is 2.27. The van der Waals surface area contributed by atoms with E-state index in [0.29, 0.717) is 21.6 Å². The summed E-state index contributed by atoms with van der Waals surface area (Å²) < 4.78 is 0. The number of benzene rings is 1. The summed E-state index contributed by atoms with van der Waals surface area (Å²) in [6.45, 7) is 2.71. The summed E-state index contributed by atoms with van der Waals surface area (Å²) in [5.74, 6) is 0. The van der Waals surface area contributed by atoms with Crippen molar-refractivity contribution in [3.05, 3.63) is 32.8 Å². The van der Waals surface area contributed by atoms with E-state index in [1.165, 1.54) is 19.3 Å². The van der Waals surface area contributed by atoms with Gasteiger partial charge in [-0.3, -0.25) is 0 Å². The van der Waals surface area contributed by atoms with Crippen molar-refractivity contribution in [2.45, 2.75) is 25.4 Å². The molecule has 0 bridgehead atoms. The molecule has 2 nitrogen and oxygen atoms in total. The maximum atomic E-state index is 10.2. The summed E-state index contributed by atoms with van der Waals surface area (Å²) in [5.41, 5.74) is 0.722. The van der Waals surface area contributed by atoms with Crippen LogP contribution in [0, 0.1) is 0 Å². The van der Waals surface area contributed by atoms with Crippen molar-refractivity contribution in [3.8, 4) is 0 Å². The Morgan fingerprint density at radius 2 is 1.58 bits per heavy atom. The maximum absolute atomic E-state index is 10.2. The van der Waals surface area contributed by atoms with Crippen LogP contribution in [0.15, 0.2) is 12.1 Å². The number of likely N-dealkylation sites (tertiary alicyclic amines) is 1. The molecule has 1 N–H and O–H groups in total. The molecule has 1 heterocycles. The number of halogens is 4. The topological polar surface area (TPSA) is 23.5 Å². The van der Waals surface area contributed by atoms with Crippen molar-refractivity contribution in [3.63, 3.8) is 0 Å². The van der Waals surface area contributed by atoms with Gasteiger partial charge in [-0.05, 0) is 43.6 Å². The Labute approximate surface area is 135 Å². The smallest absolute Gasteiger partial charge is 0.0917 e. The second-order valence-electron chi connectivity index (χ2n) is 4.68. The summed E-state index contributed by atoms with van der Waals surface area (Å²) in [5, 5.41) is 11.3. The van der Waals surface area contributed by atoms with Gasteiger partial charge in [0.25, 0.3) is 0 Å². The third-order valence-electron chi connectivity index (χ3n) is 3.27.